The fourth-order valence-corrected chi connectivity index (χ4v) is 3.28. The van der Waals surface area contributed by atoms with Crippen molar-refractivity contribution in [3.63, 3.8) is 0 Å². The van der Waals surface area contributed by atoms with Crippen LogP contribution in [0.4, 0.5) is 0 Å². The van der Waals surface area contributed by atoms with Crippen LogP contribution in [0.2, 0.25) is 0 Å². The second-order valence-corrected chi connectivity index (χ2v) is 7.59. The molecule has 158 valence electrons. The smallest absolute Gasteiger partial charge is 0.252 e. The first-order valence-corrected chi connectivity index (χ1v) is 11.4. The molecule has 1 rings (SSSR count). The predicted molar refractivity (Wildman–Crippen MR) is 118 cm³/mol. The molecule has 0 unspecified atom stereocenters. The van der Waals surface area contributed by atoms with Gasteiger partial charge in [-0.2, -0.15) is 0 Å². The van der Waals surface area contributed by atoms with Crippen LogP contribution in [-0.2, 0) is 0 Å². The topological polar surface area (TPSA) is 58.2 Å². The number of rotatable bonds is 16. The normalized spacial score (nSPS) is 10.6. The van der Waals surface area contributed by atoms with Crippen molar-refractivity contribution in [3.8, 4) is 0 Å². The van der Waals surface area contributed by atoms with Gasteiger partial charge in [0.25, 0.3) is 11.8 Å². The number of carbonyl (C=O) groups is 2. The highest BCUT2D eigenvalue weighted by Crippen LogP contribution is 2.10. The Morgan fingerprint density at radius 3 is 1.36 bits per heavy atom. The van der Waals surface area contributed by atoms with E-state index in [0.717, 1.165) is 25.7 Å². The quantitative estimate of drug-likeness (QED) is 0.348. The summed E-state index contributed by atoms with van der Waals surface area (Å²) < 4.78 is 0. The number of carbonyl (C=O) groups excluding carboxylic acids is 2. The summed E-state index contributed by atoms with van der Waals surface area (Å²) >= 11 is 0. The lowest BCUT2D eigenvalue weighted by Gasteiger charge is -2.11. The van der Waals surface area contributed by atoms with Gasteiger partial charge in [-0.3, -0.25) is 9.59 Å². The van der Waals surface area contributed by atoms with Crippen LogP contribution in [-0.4, -0.2) is 24.9 Å². The third kappa shape index (κ3) is 10.5. The monoisotopic (exact) mass is 388 g/mol. The molecule has 0 aliphatic heterocycles. The van der Waals surface area contributed by atoms with Crippen molar-refractivity contribution in [3.05, 3.63) is 35.4 Å². The molecule has 0 aliphatic carbocycles. The lowest BCUT2D eigenvalue weighted by molar-refractivity contribution is 0.0918. The van der Waals surface area contributed by atoms with E-state index >= 15 is 0 Å². The zero-order chi connectivity index (χ0) is 20.5. The summed E-state index contributed by atoms with van der Waals surface area (Å²) in [5.41, 5.74) is 0.933. The average Bonchev–Trinajstić information content (AvgIpc) is 2.72. The van der Waals surface area contributed by atoms with Crippen LogP contribution in [0.15, 0.2) is 24.3 Å². The summed E-state index contributed by atoms with van der Waals surface area (Å²) in [4.78, 5) is 25.0. The average molecular weight is 389 g/mol. The second kappa shape index (κ2) is 16.1. The summed E-state index contributed by atoms with van der Waals surface area (Å²) in [7, 11) is 0. The van der Waals surface area contributed by atoms with Gasteiger partial charge < -0.3 is 10.6 Å². The number of hydrogen-bond acceptors (Lipinski definition) is 2. The van der Waals surface area contributed by atoms with Crippen LogP contribution in [0.25, 0.3) is 0 Å². The molecule has 0 heterocycles. The number of benzene rings is 1. The molecule has 0 aliphatic rings. The van der Waals surface area contributed by atoms with Gasteiger partial charge in [0.15, 0.2) is 0 Å². The third-order valence-corrected chi connectivity index (χ3v) is 5.05. The molecule has 4 nitrogen and oxygen atoms in total. The van der Waals surface area contributed by atoms with E-state index in [-0.39, 0.29) is 11.8 Å². The van der Waals surface area contributed by atoms with Crippen molar-refractivity contribution in [1.29, 1.82) is 0 Å². The highest BCUT2D eigenvalue weighted by molar-refractivity contribution is 6.07. The van der Waals surface area contributed by atoms with Gasteiger partial charge in [0.1, 0.15) is 0 Å². The Labute approximate surface area is 171 Å². The molecule has 28 heavy (non-hydrogen) atoms. The molecule has 0 saturated heterocycles. The molecule has 0 radical (unpaired) electrons. The Balaban J connectivity index is 2.35. The fourth-order valence-electron chi connectivity index (χ4n) is 3.28. The van der Waals surface area contributed by atoms with Gasteiger partial charge in [0.05, 0.1) is 11.1 Å². The summed E-state index contributed by atoms with van der Waals surface area (Å²) in [6, 6.07) is 7.08. The molecule has 0 bridgehead atoms. The molecule has 2 N–H and O–H groups in total. The van der Waals surface area contributed by atoms with Gasteiger partial charge in [-0.1, -0.05) is 90.2 Å². The summed E-state index contributed by atoms with van der Waals surface area (Å²) in [5.74, 6) is -0.308. The van der Waals surface area contributed by atoms with E-state index in [1.165, 1.54) is 51.4 Å². The molecule has 0 saturated carbocycles. The van der Waals surface area contributed by atoms with Crippen molar-refractivity contribution in [2.24, 2.45) is 0 Å². The Kier molecular flexibility index (Phi) is 14.0. The van der Waals surface area contributed by atoms with Crippen LogP contribution < -0.4 is 10.6 Å². The number of nitrogens with one attached hydrogen (secondary N) is 2. The fraction of sp³-hybridized carbons (Fsp3) is 0.667. The van der Waals surface area contributed by atoms with Gasteiger partial charge in [-0.25, -0.2) is 0 Å². The number of unbranched alkanes of at least 4 members (excludes halogenated alkanes) is 10. The third-order valence-electron chi connectivity index (χ3n) is 5.05. The van der Waals surface area contributed by atoms with Gasteiger partial charge >= 0.3 is 0 Å². The summed E-state index contributed by atoms with van der Waals surface area (Å²) in [5, 5.41) is 5.92. The molecule has 0 fully saturated rings. The molecule has 1 aromatic carbocycles. The highest BCUT2D eigenvalue weighted by atomic mass is 16.2. The maximum absolute atomic E-state index is 12.5. The van der Waals surface area contributed by atoms with Crippen LogP contribution in [0.5, 0.6) is 0 Å². The second-order valence-electron chi connectivity index (χ2n) is 7.59. The van der Waals surface area contributed by atoms with E-state index in [9.17, 15) is 9.59 Å². The van der Waals surface area contributed by atoms with Crippen LogP contribution >= 0.6 is 0 Å². The minimum atomic E-state index is -0.154. The van der Waals surface area contributed by atoms with Crippen molar-refractivity contribution in [2.75, 3.05) is 13.1 Å². The van der Waals surface area contributed by atoms with Gasteiger partial charge in [-0.15, -0.1) is 0 Å². The minimum absolute atomic E-state index is 0.154. The Morgan fingerprint density at radius 1 is 0.607 bits per heavy atom. The van der Waals surface area contributed by atoms with E-state index in [2.05, 4.69) is 24.5 Å². The van der Waals surface area contributed by atoms with Crippen molar-refractivity contribution < 1.29 is 9.59 Å². The first-order valence-electron chi connectivity index (χ1n) is 11.4. The molecular weight excluding hydrogens is 348 g/mol. The summed E-state index contributed by atoms with van der Waals surface area (Å²) in [6.07, 6.45) is 14.3. The standard InChI is InChI=1S/C24H40N2O2/c1-3-5-7-9-11-15-19-25-23(27)21-17-13-14-18-22(21)24(28)26-20-16-12-10-8-6-4-2/h13-14,17-18H,3-12,15-16,19-20H2,1-2H3,(H,25,27)(H,26,28). The van der Waals surface area contributed by atoms with Gasteiger partial charge in [-0.05, 0) is 25.0 Å². The molecule has 0 spiro atoms. The molecular formula is C24H40N2O2. The summed E-state index contributed by atoms with van der Waals surface area (Å²) in [6.45, 7) is 5.75. The molecule has 1 aromatic rings. The van der Waals surface area contributed by atoms with Crippen LogP contribution in [0.1, 0.15) is 112 Å². The van der Waals surface area contributed by atoms with E-state index in [4.69, 9.17) is 0 Å². The van der Waals surface area contributed by atoms with E-state index in [1.807, 2.05) is 12.1 Å². The zero-order valence-electron chi connectivity index (χ0n) is 18.0. The van der Waals surface area contributed by atoms with Gasteiger partial charge in [0.2, 0.25) is 0 Å². The molecule has 0 aromatic heterocycles. The van der Waals surface area contributed by atoms with Crippen molar-refractivity contribution >= 4 is 11.8 Å². The number of hydrogen-bond donors (Lipinski definition) is 2. The van der Waals surface area contributed by atoms with E-state index in [0.29, 0.717) is 24.2 Å². The van der Waals surface area contributed by atoms with Crippen molar-refractivity contribution in [2.45, 2.75) is 90.9 Å². The Bertz CT molecular complexity index is 508. The van der Waals surface area contributed by atoms with Crippen LogP contribution in [0.3, 0.4) is 0 Å². The molecule has 4 heteroatoms. The maximum Gasteiger partial charge on any atom is 0.252 e. The lowest BCUT2D eigenvalue weighted by atomic mass is 10.1. The minimum Gasteiger partial charge on any atom is -0.352 e. The lowest BCUT2D eigenvalue weighted by Crippen LogP contribution is -2.30. The van der Waals surface area contributed by atoms with Gasteiger partial charge in [0, 0.05) is 13.1 Å². The molecule has 2 amide bonds. The SMILES string of the molecule is CCCCCCCCNC(=O)c1ccccc1C(=O)NCCCCCCCC. The first kappa shape index (κ1) is 24.2. The van der Waals surface area contributed by atoms with Crippen LogP contribution in [0, 0.1) is 0 Å². The number of amides is 2. The van der Waals surface area contributed by atoms with E-state index < -0.39 is 0 Å². The first-order chi connectivity index (χ1) is 13.7. The Hall–Kier alpha value is -1.84. The van der Waals surface area contributed by atoms with E-state index in [1.54, 1.807) is 12.1 Å². The maximum atomic E-state index is 12.5. The van der Waals surface area contributed by atoms with Crippen molar-refractivity contribution in [1.82, 2.24) is 10.6 Å². The zero-order valence-corrected chi connectivity index (χ0v) is 18.0. The highest BCUT2D eigenvalue weighted by Gasteiger charge is 2.15. The molecule has 0 atom stereocenters. The predicted octanol–water partition coefficient (Wildman–Crippen LogP) is 5.87. The Morgan fingerprint density at radius 2 is 0.964 bits per heavy atom. The largest absolute Gasteiger partial charge is 0.352 e.